The number of hydrogen-bond acceptors (Lipinski definition) is 4. The van der Waals surface area contributed by atoms with Gasteiger partial charge in [-0.15, -0.1) is 4.33 Å². The molecule has 0 amide bonds. The van der Waals surface area contributed by atoms with E-state index in [-0.39, 0.29) is 5.75 Å². The van der Waals surface area contributed by atoms with Gasteiger partial charge in [0.2, 0.25) is 0 Å². The van der Waals surface area contributed by atoms with Gasteiger partial charge in [-0.25, -0.2) is 0 Å². The summed E-state index contributed by atoms with van der Waals surface area (Å²) in [6, 6.07) is 16.1. The van der Waals surface area contributed by atoms with Gasteiger partial charge in [0.15, 0.2) is 5.75 Å². The minimum atomic E-state index is 0.171. The minimum Gasteiger partial charge on any atom is -0.507 e. The van der Waals surface area contributed by atoms with Crippen LogP contribution in [0, 0.1) is 0 Å². The van der Waals surface area contributed by atoms with Crippen molar-refractivity contribution >= 4 is 12.0 Å². The van der Waals surface area contributed by atoms with E-state index in [4.69, 9.17) is 9.22 Å². The highest BCUT2D eigenvalue weighted by atomic mass is 32.2. The summed E-state index contributed by atoms with van der Waals surface area (Å²) in [5.74, 6) is 0.787. The molecule has 0 unspecified atom stereocenters. The summed E-state index contributed by atoms with van der Waals surface area (Å²) in [5.41, 5.74) is 0. The van der Waals surface area contributed by atoms with Gasteiger partial charge in [0.05, 0.1) is 16.9 Å². The lowest BCUT2D eigenvalue weighted by atomic mass is 10.3. The molecular weight excluding hydrogens is 224 g/mol. The van der Waals surface area contributed by atoms with Gasteiger partial charge in [-0.1, -0.05) is 30.3 Å². The van der Waals surface area contributed by atoms with Crippen molar-refractivity contribution in [1.82, 2.24) is 0 Å². The van der Waals surface area contributed by atoms with E-state index in [1.807, 2.05) is 24.3 Å². The maximum atomic E-state index is 9.45. The predicted molar refractivity (Wildman–Crippen MR) is 62.1 cm³/mol. The van der Waals surface area contributed by atoms with Crippen LogP contribution in [0.25, 0.3) is 0 Å². The number of phenolic OH excluding ortho intramolecular Hbond substituents is 1. The highest BCUT2D eigenvalue weighted by Crippen LogP contribution is 2.28. The number of para-hydroxylation sites is 2. The standard InChI is InChI=1S/C12H10O3S/c13-11-8-4-5-9-12(11)16-15-14-10-6-2-1-3-7-10/h1-9,13H. The van der Waals surface area contributed by atoms with Crippen molar-refractivity contribution < 1.29 is 14.3 Å². The van der Waals surface area contributed by atoms with Gasteiger partial charge in [-0.05, 0) is 24.3 Å². The van der Waals surface area contributed by atoms with Crippen molar-refractivity contribution in [3.8, 4) is 11.5 Å². The van der Waals surface area contributed by atoms with E-state index in [0.29, 0.717) is 10.6 Å². The van der Waals surface area contributed by atoms with Crippen LogP contribution < -0.4 is 4.89 Å². The molecule has 0 aromatic heterocycles. The van der Waals surface area contributed by atoms with Crippen LogP contribution in [0.1, 0.15) is 0 Å². The minimum absolute atomic E-state index is 0.171. The molecule has 16 heavy (non-hydrogen) atoms. The monoisotopic (exact) mass is 234 g/mol. The van der Waals surface area contributed by atoms with Crippen molar-refractivity contribution in [3.63, 3.8) is 0 Å². The second kappa shape index (κ2) is 5.44. The molecule has 82 valence electrons. The number of phenols is 1. The Morgan fingerprint density at radius 2 is 1.56 bits per heavy atom. The lowest BCUT2D eigenvalue weighted by Crippen LogP contribution is -1.88. The first-order valence-electron chi connectivity index (χ1n) is 4.70. The Bertz CT molecular complexity index is 445. The summed E-state index contributed by atoms with van der Waals surface area (Å²) in [4.78, 5) is 5.63. The molecule has 0 radical (unpaired) electrons. The Kier molecular flexibility index (Phi) is 3.69. The Labute approximate surface area is 97.8 Å². The molecule has 0 atom stereocenters. The molecule has 2 aromatic rings. The molecule has 2 aromatic carbocycles. The number of benzene rings is 2. The Hall–Kier alpha value is -1.65. The van der Waals surface area contributed by atoms with Crippen LogP contribution in [-0.4, -0.2) is 5.11 Å². The van der Waals surface area contributed by atoms with Crippen LogP contribution in [0.15, 0.2) is 59.5 Å². The van der Waals surface area contributed by atoms with Gasteiger partial charge in [-0.3, -0.25) is 0 Å². The third kappa shape index (κ3) is 2.92. The lowest BCUT2D eigenvalue weighted by Gasteiger charge is -2.04. The highest BCUT2D eigenvalue weighted by Gasteiger charge is 2.02. The topological polar surface area (TPSA) is 38.7 Å². The van der Waals surface area contributed by atoms with E-state index in [9.17, 15) is 5.11 Å². The van der Waals surface area contributed by atoms with E-state index in [0.717, 1.165) is 12.0 Å². The van der Waals surface area contributed by atoms with E-state index < -0.39 is 0 Å². The summed E-state index contributed by atoms with van der Waals surface area (Å²) in [6.45, 7) is 0. The molecule has 0 aliphatic carbocycles. The zero-order valence-corrected chi connectivity index (χ0v) is 9.18. The summed E-state index contributed by atoms with van der Waals surface area (Å²) in [7, 11) is 0. The summed E-state index contributed by atoms with van der Waals surface area (Å²) in [5, 5.41) is 9.45. The summed E-state index contributed by atoms with van der Waals surface area (Å²) < 4.78 is 4.94. The van der Waals surface area contributed by atoms with Crippen molar-refractivity contribution in [2.24, 2.45) is 0 Å². The molecule has 3 nitrogen and oxygen atoms in total. The molecule has 0 saturated heterocycles. The highest BCUT2D eigenvalue weighted by molar-refractivity contribution is 7.94. The van der Waals surface area contributed by atoms with Crippen LogP contribution in [-0.2, 0) is 4.33 Å². The maximum Gasteiger partial charge on any atom is 0.166 e. The largest absolute Gasteiger partial charge is 0.507 e. The van der Waals surface area contributed by atoms with Gasteiger partial charge in [0, 0.05) is 0 Å². The third-order valence-corrected chi connectivity index (χ3v) is 2.52. The van der Waals surface area contributed by atoms with E-state index in [1.165, 1.54) is 0 Å². The molecule has 1 N–H and O–H groups in total. The van der Waals surface area contributed by atoms with Crippen LogP contribution >= 0.6 is 12.0 Å². The van der Waals surface area contributed by atoms with Gasteiger partial charge < -0.3 is 9.99 Å². The van der Waals surface area contributed by atoms with Crippen LogP contribution in [0.2, 0.25) is 0 Å². The molecule has 0 fully saturated rings. The number of hydrogen-bond donors (Lipinski definition) is 1. The van der Waals surface area contributed by atoms with Crippen LogP contribution in [0.5, 0.6) is 11.5 Å². The Balaban J connectivity index is 1.87. The second-order valence-corrected chi connectivity index (χ2v) is 3.76. The van der Waals surface area contributed by atoms with E-state index >= 15 is 0 Å². The summed E-state index contributed by atoms with van der Waals surface area (Å²) in [6.07, 6.45) is 0. The van der Waals surface area contributed by atoms with Gasteiger partial charge in [-0.2, -0.15) is 0 Å². The fourth-order valence-corrected chi connectivity index (χ4v) is 1.57. The fraction of sp³-hybridized carbons (Fsp3) is 0. The lowest BCUT2D eigenvalue weighted by molar-refractivity contribution is -0.0778. The van der Waals surface area contributed by atoms with Crippen molar-refractivity contribution in [1.29, 1.82) is 0 Å². The molecule has 4 heteroatoms. The maximum absolute atomic E-state index is 9.45. The Morgan fingerprint density at radius 1 is 0.875 bits per heavy atom. The smallest absolute Gasteiger partial charge is 0.166 e. The van der Waals surface area contributed by atoms with Crippen LogP contribution in [0.4, 0.5) is 0 Å². The predicted octanol–water partition coefficient (Wildman–Crippen LogP) is 3.41. The van der Waals surface area contributed by atoms with Crippen molar-refractivity contribution in [2.45, 2.75) is 4.90 Å². The molecule has 0 spiro atoms. The molecular formula is C12H10O3S. The average Bonchev–Trinajstić information content (AvgIpc) is 2.33. The van der Waals surface area contributed by atoms with Gasteiger partial charge in [0.1, 0.15) is 5.75 Å². The zero-order valence-electron chi connectivity index (χ0n) is 8.37. The fourth-order valence-electron chi connectivity index (χ4n) is 1.10. The zero-order chi connectivity index (χ0) is 11.2. The molecule has 0 bridgehead atoms. The molecule has 0 aliphatic heterocycles. The quantitative estimate of drug-likeness (QED) is 0.500. The SMILES string of the molecule is Oc1ccccc1SOOc1ccccc1. The van der Waals surface area contributed by atoms with E-state index in [1.54, 1.807) is 30.3 Å². The Morgan fingerprint density at radius 3 is 2.31 bits per heavy atom. The second-order valence-electron chi connectivity index (χ2n) is 3.02. The van der Waals surface area contributed by atoms with Gasteiger partial charge >= 0.3 is 0 Å². The first kappa shape index (κ1) is 10.9. The van der Waals surface area contributed by atoms with E-state index in [2.05, 4.69) is 0 Å². The normalized spacial score (nSPS) is 10.0. The first-order chi connectivity index (χ1) is 7.86. The summed E-state index contributed by atoms with van der Waals surface area (Å²) >= 11 is 0.970. The van der Waals surface area contributed by atoms with Crippen LogP contribution in [0.3, 0.4) is 0 Å². The molecule has 0 aliphatic rings. The average molecular weight is 234 g/mol. The molecule has 0 heterocycles. The third-order valence-electron chi connectivity index (χ3n) is 1.86. The first-order valence-corrected chi connectivity index (χ1v) is 5.44. The molecule has 2 rings (SSSR count). The van der Waals surface area contributed by atoms with Crippen molar-refractivity contribution in [3.05, 3.63) is 54.6 Å². The molecule has 0 saturated carbocycles. The number of aromatic hydroxyl groups is 1. The van der Waals surface area contributed by atoms with Crippen molar-refractivity contribution in [2.75, 3.05) is 0 Å². The number of rotatable bonds is 4. The van der Waals surface area contributed by atoms with Gasteiger partial charge in [0.25, 0.3) is 0 Å².